The van der Waals surface area contributed by atoms with Gasteiger partial charge in [0, 0.05) is 31.7 Å². The molecule has 1 amide bonds. The molecule has 0 N–H and O–H groups in total. The zero-order valence-electron chi connectivity index (χ0n) is 14.4. The van der Waals surface area contributed by atoms with Crippen LogP contribution in [0.25, 0.3) is 0 Å². The average molecular weight is 346 g/mol. The standard InChI is InChI=1S/C19H26N2O2S/c1-15-8-12-21(13-9-15)19(24)16-4-6-17(7-5-16)23-14-18(22)20-10-2-3-11-20/h4-7,15H,2-3,8-14H2,1H3. The second-order valence-corrected chi connectivity index (χ2v) is 7.26. The number of ether oxygens (including phenoxy) is 1. The van der Waals surface area contributed by atoms with E-state index in [9.17, 15) is 4.79 Å². The van der Waals surface area contributed by atoms with Crippen LogP contribution in [-0.2, 0) is 4.79 Å². The van der Waals surface area contributed by atoms with Crippen molar-refractivity contribution in [3.05, 3.63) is 29.8 Å². The van der Waals surface area contributed by atoms with Crippen LogP contribution in [0.3, 0.4) is 0 Å². The molecule has 4 nitrogen and oxygen atoms in total. The second kappa shape index (κ2) is 7.97. The Morgan fingerprint density at radius 1 is 1.08 bits per heavy atom. The van der Waals surface area contributed by atoms with Crippen LogP contribution in [0.2, 0.25) is 0 Å². The third kappa shape index (κ3) is 4.26. The summed E-state index contributed by atoms with van der Waals surface area (Å²) in [4.78, 5) is 17.1. The summed E-state index contributed by atoms with van der Waals surface area (Å²) in [5.74, 6) is 1.60. The highest BCUT2D eigenvalue weighted by atomic mass is 32.1. The highest BCUT2D eigenvalue weighted by Crippen LogP contribution is 2.20. The highest BCUT2D eigenvalue weighted by molar-refractivity contribution is 7.80. The number of benzene rings is 1. The van der Waals surface area contributed by atoms with Crippen LogP contribution in [0.1, 0.15) is 38.2 Å². The Bertz CT molecular complexity index is 574. The molecule has 1 aromatic rings. The molecule has 24 heavy (non-hydrogen) atoms. The molecule has 2 aliphatic heterocycles. The van der Waals surface area contributed by atoms with Crippen molar-refractivity contribution in [2.45, 2.75) is 32.6 Å². The van der Waals surface area contributed by atoms with E-state index in [0.29, 0.717) is 0 Å². The lowest BCUT2D eigenvalue weighted by molar-refractivity contribution is -0.132. The minimum Gasteiger partial charge on any atom is -0.484 e. The van der Waals surface area contributed by atoms with Gasteiger partial charge in [-0.3, -0.25) is 4.79 Å². The normalized spacial score (nSPS) is 18.7. The number of carbonyl (C=O) groups excluding carboxylic acids is 1. The van der Waals surface area contributed by atoms with Gasteiger partial charge < -0.3 is 14.5 Å². The molecule has 0 unspecified atom stereocenters. The Kier molecular flexibility index (Phi) is 5.72. The fourth-order valence-corrected chi connectivity index (χ4v) is 3.61. The molecule has 130 valence electrons. The Morgan fingerprint density at radius 3 is 2.33 bits per heavy atom. The van der Waals surface area contributed by atoms with E-state index < -0.39 is 0 Å². The molecule has 0 aliphatic carbocycles. The summed E-state index contributed by atoms with van der Waals surface area (Å²) in [6.07, 6.45) is 4.63. The Morgan fingerprint density at radius 2 is 1.71 bits per heavy atom. The summed E-state index contributed by atoms with van der Waals surface area (Å²) >= 11 is 5.63. The zero-order chi connectivity index (χ0) is 16.9. The maximum absolute atomic E-state index is 12.0. The van der Waals surface area contributed by atoms with E-state index in [1.54, 1.807) is 0 Å². The molecule has 0 spiro atoms. The van der Waals surface area contributed by atoms with Gasteiger partial charge in [-0.1, -0.05) is 19.1 Å². The maximum Gasteiger partial charge on any atom is 0.260 e. The van der Waals surface area contributed by atoms with Crippen LogP contribution >= 0.6 is 12.2 Å². The first-order chi connectivity index (χ1) is 11.6. The topological polar surface area (TPSA) is 32.8 Å². The Labute approximate surface area is 149 Å². The van der Waals surface area contributed by atoms with Crippen molar-refractivity contribution < 1.29 is 9.53 Å². The largest absolute Gasteiger partial charge is 0.484 e. The summed E-state index contributed by atoms with van der Waals surface area (Å²) in [5, 5.41) is 0. The van der Waals surface area contributed by atoms with Gasteiger partial charge in [0.25, 0.3) is 5.91 Å². The molecule has 5 heteroatoms. The molecule has 2 aliphatic rings. The molecule has 2 saturated heterocycles. The minimum absolute atomic E-state index is 0.0783. The van der Waals surface area contributed by atoms with Crippen molar-refractivity contribution in [2.24, 2.45) is 5.92 Å². The molecule has 0 bridgehead atoms. The lowest BCUT2D eigenvalue weighted by Gasteiger charge is -2.32. The third-order valence-electron chi connectivity index (χ3n) is 4.99. The molecule has 1 aromatic carbocycles. The van der Waals surface area contributed by atoms with Gasteiger partial charge in [0.15, 0.2) is 6.61 Å². The number of hydrogen-bond donors (Lipinski definition) is 0. The van der Waals surface area contributed by atoms with Gasteiger partial charge in [0.05, 0.1) is 0 Å². The molecule has 0 aromatic heterocycles. The molecule has 3 rings (SSSR count). The number of thiocarbonyl (C=S) groups is 1. The van der Waals surface area contributed by atoms with Crippen LogP contribution in [-0.4, -0.2) is 53.5 Å². The molecule has 2 heterocycles. The first-order valence-electron chi connectivity index (χ1n) is 8.93. The van der Waals surface area contributed by atoms with E-state index in [-0.39, 0.29) is 12.5 Å². The van der Waals surface area contributed by atoms with Crippen molar-refractivity contribution in [2.75, 3.05) is 32.8 Å². The molecule has 2 fully saturated rings. The van der Waals surface area contributed by atoms with Crippen LogP contribution in [0, 0.1) is 5.92 Å². The lowest BCUT2D eigenvalue weighted by Crippen LogP contribution is -2.37. The fourth-order valence-electron chi connectivity index (χ4n) is 3.29. The SMILES string of the molecule is CC1CCN(C(=S)c2ccc(OCC(=O)N3CCCC3)cc2)CC1. The van der Waals surface area contributed by atoms with Crippen molar-refractivity contribution in [3.8, 4) is 5.75 Å². The summed E-state index contributed by atoms with van der Waals surface area (Å²) < 4.78 is 5.63. The summed E-state index contributed by atoms with van der Waals surface area (Å²) in [7, 11) is 0. The lowest BCUT2D eigenvalue weighted by atomic mass is 9.99. The summed E-state index contributed by atoms with van der Waals surface area (Å²) in [6.45, 7) is 6.24. The molecular weight excluding hydrogens is 320 g/mol. The first-order valence-corrected chi connectivity index (χ1v) is 9.34. The second-order valence-electron chi connectivity index (χ2n) is 6.88. The quantitative estimate of drug-likeness (QED) is 0.785. The molecule has 0 saturated carbocycles. The van der Waals surface area contributed by atoms with Crippen molar-refractivity contribution in [1.29, 1.82) is 0 Å². The fraction of sp³-hybridized carbons (Fsp3) is 0.579. The van der Waals surface area contributed by atoms with Crippen molar-refractivity contribution >= 4 is 23.1 Å². The first kappa shape index (κ1) is 17.2. The van der Waals surface area contributed by atoms with Gasteiger partial charge in [-0.2, -0.15) is 0 Å². The number of piperidine rings is 1. The Hall–Kier alpha value is -1.62. The van der Waals surface area contributed by atoms with Crippen molar-refractivity contribution in [1.82, 2.24) is 9.80 Å². The molecule has 0 atom stereocenters. The highest BCUT2D eigenvalue weighted by Gasteiger charge is 2.20. The maximum atomic E-state index is 12.0. The van der Waals surface area contributed by atoms with Gasteiger partial charge in [-0.15, -0.1) is 0 Å². The van der Waals surface area contributed by atoms with Crippen LogP contribution in [0.15, 0.2) is 24.3 Å². The summed E-state index contributed by atoms with van der Waals surface area (Å²) in [6, 6.07) is 7.81. The number of rotatable bonds is 4. The number of amides is 1. The van der Waals surface area contributed by atoms with Gasteiger partial charge >= 0.3 is 0 Å². The van der Waals surface area contributed by atoms with Gasteiger partial charge in [-0.25, -0.2) is 0 Å². The number of likely N-dealkylation sites (tertiary alicyclic amines) is 2. The molecular formula is C19H26N2O2S. The van der Waals surface area contributed by atoms with Crippen LogP contribution in [0.5, 0.6) is 5.75 Å². The monoisotopic (exact) mass is 346 g/mol. The van der Waals surface area contributed by atoms with E-state index in [0.717, 1.165) is 61.2 Å². The van der Waals surface area contributed by atoms with Gasteiger partial charge in [0.1, 0.15) is 10.7 Å². The Balaban J connectivity index is 1.51. The van der Waals surface area contributed by atoms with E-state index in [1.807, 2.05) is 29.2 Å². The van der Waals surface area contributed by atoms with Crippen molar-refractivity contribution in [3.63, 3.8) is 0 Å². The minimum atomic E-state index is 0.0783. The van der Waals surface area contributed by atoms with Crippen LogP contribution in [0.4, 0.5) is 0 Å². The van der Waals surface area contributed by atoms with E-state index >= 15 is 0 Å². The predicted molar refractivity (Wildman–Crippen MR) is 99.4 cm³/mol. The smallest absolute Gasteiger partial charge is 0.260 e. The van der Waals surface area contributed by atoms with Gasteiger partial charge in [0.2, 0.25) is 0 Å². The van der Waals surface area contributed by atoms with Gasteiger partial charge in [-0.05, 0) is 55.9 Å². The average Bonchev–Trinajstić information content (AvgIpc) is 3.15. The number of nitrogens with zero attached hydrogens (tertiary/aromatic N) is 2. The van der Waals surface area contributed by atoms with E-state index in [2.05, 4.69) is 11.8 Å². The molecule has 0 radical (unpaired) electrons. The zero-order valence-corrected chi connectivity index (χ0v) is 15.2. The van der Waals surface area contributed by atoms with E-state index in [4.69, 9.17) is 17.0 Å². The number of hydrogen-bond acceptors (Lipinski definition) is 3. The van der Waals surface area contributed by atoms with Crippen LogP contribution < -0.4 is 4.74 Å². The summed E-state index contributed by atoms with van der Waals surface area (Å²) in [5.41, 5.74) is 1.05. The van der Waals surface area contributed by atoms with E-state index in [1.165, 1.54) is 12.8 Å². The number of carbonyl (C=O) groups is 1. The predicted octanol–water partition coefficient (Wildman–Crippen LogP) is 3.10. The third-order valence-corrected chi connectivity index (χ3v) is 5.49.